The molecule has 1 aromatic carbocycles. The van der Waals surface area contributed by atoms with Crippen LogP contribution in [0.3, 0.4) is 0 Å². The number of hydrogen-bond donors (Lipinski definition) is 1. The molecule has 0 spiro atoms. The van der Waals surface area contributed by atoms with Crippen molar-refractivity contribution in [3.8, 4) is 11.4 Å². The topological polar surface area (TPSA) is 113 Å². The zero-order valence-corrected chi connectivity index (χ0v) is 13.5. The predicted octanol–water partition coefficient (Wildman–Crippen LogP) is 0.527. The minimum absolute atomic E-state index is 0.220. The molecule has 1 aliphatic carbocycles. The SMILES string of the molecule is COc1ccc(C(=O)NCc2nncn2C2CC2)cc1-n1cnnn1. The highest BCUT2D eigenvalue weighted by Gasteiger charge is 2.26. The summed E-state index contributed by atoms with van der Waals surface area (Å²) in [6.07, 6.45) is 5.42. The van der Waals surface area contributed by atoms with Gasteiger partial charge in [0.1, 0.15) is 24.1 Å². The number of carbonyl (C=O) groups is 1. The van der Waals surface area contributed by atoms with Crippen molar-refractivity contribution < 1.29 is 9.53 Å². The number of methoxy groups -OCH3 is 1. The van der Waals surface area contributed by atoms with Crippen LogP contribution < -0.4 is 10.1 Å². The highest BCUT2D eigenvalue weighted by atomic mass is 16.5. The zero-order chi connectivity index (χ0) is 17.2. The van der Waals surface area contributed by atoms with Gasteiger partial charge in [0.2, 0.25) is 0 Å². The van der Waals surface area contributed by atoms with Crippen molar-refractivity contribution in [1.29, 1.82) is 0 Å². The zero-order valence-electron chi connectivity index (χ0n) is 13.5. The third kappa shape index (κ3) is 3.05. The maximum atomic E-state index is 12.5. The second kappa shape index (κ2) is 6.30. The Morgan fingerprint density at radius 2 is 2.20 bits per heavy atom. The lowest BCUT2D eigenvalue weighted by atomic mass is 10.1. The van der Waals surface area contributed by atoms with Crippen molar-refractivity contribution in [1.82, 2.24) is 40.3 Å². The molecule has 3 aromatic rings. The van der Waals surface area contributed by atoms with Crippen molar-refractivity contribution >= 4 is 5.91 Å². The molecule has 1 fully saturated rings. The van der Waals surface area contributed by atoms with Gasteiger partial charge in [0.25, 0.3) is 5.91 Å². The fourth-order valence-electron chi connectivity index (χ4n) is 2.59. The first kappa shape index (κ1) is 15.2. The number of ether oxygens (including phenoxy) is 1. The number of tetrazole rings is 1. The van der Waals surface area contributed by atoms with E-state index in [0.717, 1.165) is 18.7 Å². The molecule has 10 heteroatoms. The first-order valence-corrected chi connectivity index (χ1v) is 7.84. The lowest BCUT2D eigenvalue weighted by Crippen LogP contribution is -2.24. The summed E-state index contributed by atoms with van der Waals surface area (Å²) in [5.41, 5.74) is 1.06. The molecule has 1 saturated carbocycles. The Hall–Kier alpha value is -3.30. The van der Waals surface area contributed by atoms with E-state index in [9.17, 15) is 4.79 Å². The lowest BCUT2D eigenvalue weighted by Gasteiger charge is -2.10. The second-order valence-corrected chi connectivity index (χ2v) is 5.71. The Labute approximate surface area is 142 Å². The van der Waals surface area contributed by atoms with E-state index in [-0.39, 0.29) is 5.91 Å². The predicted molar refractivity (Wildman–Crippen MR) is 85.2 cm³/mol. The van der Waals surface area contributed by atoms with Crippen molar-refractivity contribution in [3.63, 3.8) is 0 Å². The third-order valence-electron chi connectivity index (χ3n) is 4.03. The third-order valence-corrected chi connectivity index (χ3v) is 4.03. The lowest BCUT2D eigenvalue weighted by molar-refractivity contribution is 0.0949. The molecule has 2 aromatic heterocycles. The van der Waals surface area contributed by atoms with Gasteiger partial charge < -0.3 is 14.6 Å². The Bertz CT molecular complexity index is 885. The first-order valence-electron chi connectivity index (χ1n) is 7.84. The maximum Gasteiger partial charge on any atom is 0.251 e. The molecular formula is C15H16N8O2. The summed E-state index contributed by atoms with van der Waals surface area (Å²) in [5.74, 6) is 1.10. The maximum absolute atomic E-state index is 12.5. The number of nitrogens with one attached hydrogen (secondary N) is 1. The number of carbonyl (C=O) groups excluding carboxylic acids is 1. The molecule has 0 radical (unpaired) electrons. The monoisotopic (exact) mass is 340 g/mol. The summed E-state index contributed by atoms with van der Waals surface area (Å²) in [4.78, 5) is 12.5. The van der Waals surface area contributed by atoms with Gasteiger partial charge in [0.05, 0.1) is 13.7 Å². The minimum atomic E-state index is -0.220. The summed E-state index contributed by atoms with van der Waals surface area (Å²) in [6.45, 7) is 0.321. The molecule has 2 heterocycles. The van der Waals surface area contributed by atoms with Crippen molar-refractivity contribution in [2.24, 2.45) is 0 Å². The Morgan fingerprint density at radius 1 is 1.32 bits per heavy atom. The number of aromatic nitrogens is 7. The van der Waals surface area contributed by atoms with E-state index >= 15 is 0 Å². The van der Waals surface area contributed by atoms with Gasteiger partial charge in [-0.25, -0.2) is 0 Å². The van der Waals surface area contributed by atoms with E-state index in [1.54, 1.807) is 31.6 Å². The fourth-order valence-corrected chi connectivity index (χ4v) is 2.59. The fraction of sp³-hybridized carbons (Fsp3) is 0.333. The highest BCUT2D eigenvalue weighted by Crippen LogP contribution is 2.35. The van der Waals surface area contributed by atoms with Crippen LogP contribution in [0.15, 0.2) is 30.9 Å². The molecule has 25 heavy (non-hydrogen) atoms. The smallest absolute Gasteiger partial charge is 0.251 e. The minimum Gasteiger partial charge on any atom is -0.494 e. The molecule has 0 bridgehead atoms. The van der Waals surface area contributed by atoms with E-state index in [1.807, 2.05) is 4.57 Å². The van der Waals surface area contributed by atoms with Crippen LogP contribution in [0.2, 0.25) is 0 Å². The van der Waals surface area contributed by atoms with E-state index < -0.39 is 0 Å². The van der Waals surface area contributed by atoms with Crippen LogP contribution in [0.4, 0.5) is 0 Å². The van der Waals surface area contributed by atoms with E-state index in [2.05, 4.69) is 31.0 Å². The molecule has 0 saturated heterocycles. The Kier molecular flexibility index (Phi) is 3.84. The van der Waals surface area contributed by atoms with Crippen LogP contribution >= 0.6 is 0 Å². The first-order chi connectivity index (χ1) is 12.3. The van der Waals surface area contributed by atoms with E-state index in [0.29, 0.717) is 29.6 Å². The van der Waals surface area contributed by atoms with Crippen LogP contribution in [0.25, 0.3) is 5.69 Å². The van der Waals surface area contributed by atoms with E-state index in [1.165, 1.54) is 11.0 Å². The van der Waals surface area contributed by atoms with Crippen molar-refractivity contribution in [3.05, 3.63) is 42.2 Å². The number of hydrogen-bond acceptors (Lipinski definition) is 7. The number of nitrogens with zero attached hydrogens (tertiary/aromatic N) is 7. The van der Waals surface area contributed by atoms with Crippen LogP contribution in [0.1, 0.15) is 35.1 Å². The number of amides is 1. The van der Waals surface area contributed by atoms with Crippen molar-refractivity contribution in [2.75, 3.05) is 7.11 Å². The highest BCUT2D eigenvalue weighted by molar-refractivity contribution is 5.95. The molecular weight excluding hydrogens is 324 g/mol. The van der Waals surface area contributed by atoms with Crippen molar-refractivity contribution in [2.45, 2.75) is 25.4 Å². The molecule has 0 aliphatic heterocycles. The number of benzene rings is 1. The largest absolute Gasteiger partial charge is 0.494 e. The molecule has 0 atom stereocenters. The molecule has 10 nitrogen and oxygen atoms in total. The Morgan fingerprint density at radius 3 is 2.92 bits per heavy atom. The van der Waals surface area contributed by atoms with Crippen LogP contribution in [-0.4, -0.2) is 48.0 Å². The summed E-state index contributed by atoms with van der Waals surface area (Å²) in [7, 11) is 1.55. The average molecular weight is 340 g/mol. The quantitative estimate of drug-likeness (QED) is 0.696. The van der Waals surface area contributed by atoms with Gasteiger partial charge in [-0.15, -0.1) is 15.3 Å². The molecule has 128 valence electrons. The van der Waals surface area contributed by atoms with Gasteiger partial charge >= 0.3 is 0 Å². The molecule has 0 unspecified atom stereocenters. The van der Waals surface area contributed by atoms with Crippen LogP contribution in [0.5, 0.6) is 5.75 Å². The summed E-state index contributed by atoms with van der Waals surface area (Å²) >= 11 is 0. The average Bonchev–Trinajstić information content (AvgIpc) is 3.14. The van der Waals surface area contributed by atoms with E-state index in [4.69, 9.17) is 4.74 Å². The standard InChI is InChI=1S/C15H16N8O2/c1-25-13-5-2-10(6-12(13)23-9-18-20-21-23)15(24)16-7-14-19-17-8-22(14)11-3-4-11/h2,5-6,8-9,11H,3-4,7H2,1H3,(H,16,24). The van der Waals surface area contributed by atoms with Gasteiger partial charge in [-0.3, -0.25) is 4.79 Å². The normalized spacial score (nSPS) is 13.6. The van der Waals surface area contributed by atoms with Gasteiger partial charge in [-0.1, -0.05) is 0 Å². The van der Waals surface area contributed by atoms with Gasteiger partial charge in [-0.2, -0.15) is 4.68 Å². The van der Waals surface area contributed by atoms with Gasteiger partial charge in [-0.05, 0) is 41.5 Å². The second-order valence-electron chi connectivity index (χ2n) is 5.71. The van der Waals surface area contributed by atoms with Crippen LogP contribution in [-0.2, 0) is 6.54 Å². The summed E-state index contributed by atoms with van der Waals surface area (Å²) in [5, 5.41) is 21.9. The Balaban J connectivity index is 1.52. The van der Waals surface area contributed by atoms with Crippen LogP contribution in [0, 0.1) is 0 Å². The molecule has 1 N–H and O–H groups in total. The summed E-state index contributed by atoms with van der Waals surface area (Å²) < 4.78 is 8.76. The molecule has 1 aliphatic rings. The number of rotatable bonds is 6. The molecule has 4 rings (SSSR count). The van der Waals surface area contributed by atoms with Gasteiger partial charge in [0.15, 0.2) is 5.82 Å². The van der Waals surface area contributed by atoms with Gasteiger partial charge in [0, 0.05) is 11.6 Å². The summed E-state index contributed by atoms with van der Waals surface area (Å²) in [6, 6.07) is 5.54. The molecule has 1 amide bonds.